The molecule has 1 aliphatic heterocycles. The van der Waals surface area contributed by atoms with Gasteiger partial charge in [0.2, 0.25) is 0 Å². The van der Waals surface area contributed by atoms with E-state index in [0.29, 0.717) is 19.8 Å². The lowest BCUT2D eigenvalue weighted by Crippen LogP contribution is -2.38. The molecule has 14 heavy (non-hydrogen) atoms. The van der Waals surface area contributed by atoms with Gasteiger partial charge in [0.1, 0.15) is 6.61 Å². The Labute approximate surface area is 80.8 Å². The van der Waals surface area contributed by atoms with Crippen molar-refractivity contribution in [1.82, 2.24) is 4.90 Å². The second-order valence-electron chi connectivity index (χ2n) is 2.92. The minimum atomic E-state index is -3.03. The zero-order chi connectivity index (χ0) is 10.4. The maximum Gasteiger partial charge on any atom is 0.373 e. The van der Waals surface area contributed by atoms with E-state index in [2.05, 4.69) is 4.74 Å². The zero-order valence-corrected chi connectivity index (χ0v) is 7.75. The largest absolute Gasteiger partial charge is 0.460 e. The predicted molar refractivity (Wildman–Crippen MR) is 44.2 cm³/mol. The Hall–Kier alpha value is -0.750. The molecule has 0 unspecified atom stereocenters. The van der Waals surface area contributed by atoms with Crippen LogP contribution in [0.3, 0.4) is 0 Å². The summed E-state index contributed by atoms with van der Waals surface area (Å²) in [6.07, 6.45) is -3.03. The summed E-state index contributed by atoms with van der Waals surface area (Å²) in [5.41, 5.74) is 0. The molecule has 1 heterocycles. The van der Waals surface area contributed by atoms with Gasteiger partial charge in [-0.3, -0.25) is 4.90 Å². The Morgan fingerprint density at radius 1 is 1.43 bits per heavy atom. The molecule has 1 saturated heterocycles. The van der Waals surface area contributed by atoms with E-state index in [0.717, 1.165) is 13.1 Å². The number of hydrogen-bond acceptors (Lipinski definition) is 4. The average molecular weight is 209 g/mol. The number of ether oxygens (including phenoxy) is 2. The number of hydrogen-bond donors (Lipinski definition) is 0. The lowest BCUT2D eigenvalue weighted by atomic mass is 10.4. The topological polar surface area (TPSA) is 38.8 Å². The Kier molecular flexibility index (Phi) is 4.75. The molecule has 0 saturated carbocycles. The molecule has 4 nitrogen and oxygen atoms in total. The van der Waals surface area contributed by atoms with Crippen molar-refractivity contribution in [3.8, 4) is 0 Å². The molecule has 82 valence electrons. The highest BCUT2D eigenvalue weighted by molar-refractivity contribution is 5.72. The van der Waals surface area contributed by atoms with E-state index in [-0.39, 0.29) is 6.61 Å². The fourth-order valence-corrected chi connectivity index (χ4v) is 1.16. The summed E-state index contributed by atoms with van der Waals surface area (Å²) >= 11 is 0. The van der Waals surface area contributed by atoms with Gasteiger partial charge in [-0.15, -0.1) is 0 Å². The Morgan fingerprint density at radius 2 is 2.07 bits per heavy atom. The van der Waals surface area contributed by atoms with Gasteiger partial charge in [-0.1, -0.05) is 0 Å². The van der Waals surface area contributed by atoms with Gasteiger partial charge in [-0.05, 0) is 0 Å². The van der Waals surface area contributed by atoms with Crippen molar-refractivity contribution in [2.75, 3.05) is 39.5 Å². The van der Waals surface area contributed by atoms with Gasteiger partial charge >= 0.3 is 12.4 Å². The lowest BCUT2D eigenvalue weighted by molar-refractivity contribution is -0.157. The number of carbonyl (C=O) groups excluding carboxylic acids is 1. The molecule has 0 aromatic heterocycles. The van der Waals surface area contributed by atoms with Crippen LogP contribution in [0.2, 0.25) is 0 Å². The molecule has 0 bridgehead atoms. The highest BCUT2D eigenvalue weighted by Crippen LogP contribution is 1.98. The van der Waals surface area contributed by atoms with Gasteiger partial charge in [0, 0.05) is 19.6 Å². The summed E-state index contributed by atoms with van der Waals surface area (Å²) in [7, 11) is 0. The number of halogens is 2. The fraction of sp³-hybridized carbons (Fsp3) is 0.875. The maximum absolute atomic E-state index is 11.7. The van der Waals surface area contributed by atoms with Crippen LogP contribution in [-0.2, 0) is 14.3 Å². The van der Waals surface area contributed by atoms with Crippen LogP contribution < -0.4 is 0 Å². The molecule has 0 atom stereocenters. The zero-order valence-electron chi connectivity index (χ0n) is 7.75. The number of nitrogens with zero attached hydrogens (tertiary/aromatic N) is 1. The van der Waals surface area contributed by atoms with E-state index in [1.807, 2.05) is 4.90 Å². The van der Waals surface area contributed by atoms with Crippen LogP contribution in [0.25, 0.3) is 0 Å². The first-order valence-corrected chi connectivity index (χ1v) is 4.45. The number of alkyl halides is 2. The van der Waals surface area contributed by atoms with Gasteiger partial charge in [-0.25, -0.2) is 4.79 Å². The smallest absolute Gasteiger partial charge is 0.373 e. The quantitative estimate of drug-likeness (QED) is 0.617. The molecule has 0 amide bonds. The average Bonchev–Trinajstić information content (AvgIpc) is 2.19. The third-order valence-electron chi connectivity index (χ3n) is 1.93. The lowest BCUT2D eigenvalue weighted by Gasteiger charge is -2.26. The third kappa shape index (κ3) is 3.97. The highest BCUT2D eigenvalue weighted by atomic mass is 19.3. The fourth-order valence-electron chi connectivity index (χ4n) is 1.16. The van der Waals surface area contributed by atoms with Gasteiger partial charge in [-0.2, -0.15) is 8.78 Å². The van der Waals surface area contributed by atoms with E-state index in [9.17, 15) is 13.6 Å². The van der Waals surface area contributed by atoms with Crippen molar-refractivity contribution in [2.45, 2.75) is 6.43 Å². The third-order valence-corrected chi connectivity index (χ3v) is 1.93. The van der Waals surface area contributed by atoms with Crippen LogP contribution in [0, 0.1) is 0 Å². The van der Waals surface area contributed by atoms with E-state index in [1.54, 1.807) is 0 Å². The summed E-state index contributed by atoms with van der Waals surface area (Å²) in [4.78, 5) is 12.4. The van der Waals surface area contributed by atoms with Crippen LogP contribution in [0.1, 0.15) is 0 Å². The van der Waals surface area contributed by atoms with Crippen LogP contribution in [0.4, 0.5) is 8.78 Å². The number of morpholine rings is 1. The normalized spacial score (nSPS) is 18.5. The maximum atomic E-state index is 11.7. The van der Waals surface area contributed by atoms with Crippen LogP contribution in [0.5, 0.6) is 0 Å². The van der Waals surface area contributed by atoms with E-state index >= 15 is 0 Å². The molecule has 0 aliphatic carbocycles. The molecule has 0 N–H and O–H groups in total. The van der Waals surface area contributed by atoms with E-state index < -0.39 is 12.4 Å². The molecule has 6 heteroatoms. The van der Waals surface area contributed by atoms with Gasteiger partial charge < -0.3 is 9.47 Å². The van der Waals surface area contributed by atoms with Crippen molar-refractivity contribution in [3.05, 3.63) is 0 Å². The first-order valence-electron chi connectivity index (χ1n) is 4.45. The number of rotatable bonds is 4. The molecule has 1 fully saturated rings. The molecule has 0 aromatic rings. The summed E-state index contributed by atoms with van der Waals surface area (Å²) in [6, 6.07) is 0. The minimum Gasteiger partial charge on any atom is -0.460 e. The van der Waals surface area contributed by atoms with Crippen LogP contribution in [-0.4, -0.2) is 56.7 Å². The van der Waals surface area contributed by atoms with Crippen molar-refractivity contribution in [1.29, 1.82) is 0 Å². The summed E-state index contributed by atoms with van der Waals surface area (Å²) < 4.78 is 32.8. The summed E-state index contributed by atoms with van der Waals surface area (Å²) in [5.74, 6) is -1.45. The Morgan fingerprint density at radius 3 is 2.64 bits per heavy atom. The van der Waals surface area contributed by atoms with Gasteiger partial charge in [0.25, 0.3) is 0 Å². The van der Waals surface area contributed by atoms with Gasteiger partial charge in [0.15, 0.2) is 0 Å². The Balaban J connectivity index is 2.05. The first-order chi connectivity index (χ1) is 6.70. The predicted octanol–water partition coefficient (Wildman–Crippen LogP) is 0.127. The molecule has 0 radical (unpaired) electrons. The monoisotopic (exact) mass is 209 g/mol. The van der Waals surface area contributed by atoms with Crippen molar-refractivity contribution in [2.24, 2.45) is 0 Å². The summed E-state index contributed by atoms with van der Waals surface area (Å²) in [6.45, 7) is 3.30. The molecular weight excluding hydrogens is 196 g/mol. The summed E-state index contributed by atoms with van der Waals surface area (Å²) in [5, 5.41) is 0. The second kappa shape index (κ2) is 5.87. The van der Waals surface area contributed by atoms with Crippen molar-refractivity contribution >= 4 is 5.97 Å². The minimum absolute atomic E-state index is 0.0170. The number of carbonyl (C=O) groups is 1. The van der Waals surface area contributed by atoms with Gasteiger partial charge in [0.05, 0.1) is 13.2 Å². The molecule has 1 rings (SSSR count). The van der Waals surface area contributed by atoms with E-state index in [1.165, 1.54) is 0 Å². The second-order valence-corrected chi connectivity index (χ2v) is 2.92. The molecule has 1 aliphatic rings. The Bertz CT molecular complexity index is 183. The standard InChI is InChI=1S/C8H13F2NO3/c9-7(10)8(12)14-6-3-11-1-4-13-5-2-11/h7H,1-6H2. The first kappa shape index (κ1) is 11.3. The van der Waals surface area contributed by atoms with Crippen LogP contribution in [0.15, 0.2) is 0 Å². The van der Waals surface area contributed by atoms with Crippen molar-refractivity contribution in [3.63, 3.8) is 0 Å². The SMILES string of the molecule is O=C(OCCN1CCOCC1)C(F)F. The van der Waals surface area contributed by atoms with E-state index in [4.69, 9.17) is 4.74 Å². The van der Waals surface area contributed by atoms with Crippen LogP contribution >= 0.6 is 0 Å². The molecule has 0 spiro atoms. The molecule has 0 aromatic carbocycles. The van der Waals surface area contributed by atoms with Crippen molar-refractivity contribution < 1.29 is 23.0 Å². The number of esters is 1. The highest BCUT2D eigenvalue weighted by Gasteiger charge is 2.17. The molecular formula is C8H13F2NO3.